The Morgan fingerprint density at radius 1 is 1.33 bits per heavy atom. The second-order valence-corrected chi connectivity index (χ2v) is 5.83. The SMILES string of the molecule is OC(CNC1CC1)CN1CCCSCC1. The van der Waals surface area contributed by atoms with Crippen molar-refractivity contribution in [2.45, 2.75) is 31.4 Å². The fourth-order valence-corrected chi connectivity index (χ4v) is 2.86. The van der Waals surface area contributed by atoms with E-state index in [9.17, 15) is 5.11 Å². The van der Waals surface area contributed by atoms with Crippen molar-refractivity contribution < 1.29 is 5.11 Å². The maximum absolute atomic E-state index is 9.86. The van der Waals surface area contributed by atoms with E-state index in [-0.39, 0.29) is 6.10 Å². The number of aliphatic hydroxyl groups excluding tert-OH is 1. The third-order valence-electron chi connectivity index (χ3n) is 3.00. The van der Waals surface area contributed by atoms with Crippen LogP contribution in [-0.4, -0.2) is 59.8 Å². The molecule has 0 amide bonds. The first-order chi connectivity index (χ1) is 7.34. The van der Waals surface area contributed by atoms with E-state index < -0.39 is 0 Å². The Morgan fingerprint density at radius 3 is 3.00 bits per heavy atom. The monoisotopic (exact) mass is 230 g/mol. The molecule has 88 valence electrons. The number of nitrogens with one attached hydrogen (secondary N) is 1. The van der Waals surface area contributed by atoms with E-state index in [0.717, 1.165) is 26.2 Å². The molecule has 1 heterocycles. The van der Waals surface area contributed by atoms with E-state index in [1.54, 1.807) is 0 Å². The lowest BCUT2D eigenvalue weighted by Gasteiger charge is -2.23. The second kappa shape index (κ2) is 6.09. The van der Waals surface area contributed by atoms with Gasteiger partial charge in [-0.3, -0.25) is 4.90 Å². The van der Waals surface area contributed by atoms with Crippen molar-refractivity contribution in [3.8, 4) is 0 Å². The third-order valence-corrected chi connectivity index (χ3v) is 4.05. The first-order valence-electron chi connectivity index (χ1n) is 6.06. The second-order valence-electron chi connectivity index (χ2n) is 4.60. The van der Waals surface area contributed by atoms with Gasteiger partial charge in [-0.2, -0.15) is 11.8 Å². The largest absolute Gasteiger partial charge is 0.390 e. The smallest absolute Gasteiger partial charge is 0.0791 e. The van der Waals surface area contributed by atoms with Crippen molar-refractivity contribution in [3.05, 3.63) is 0 Å². The molecule has 3 nitrogen and oxygen atoms in total. The van der Waals surface area contributed by atoms with Crippen LogP contribution >= 0.6 is 11.8 Å². The van der Waals surface area contributed by atoms with Crippen LogP contribution in [-0.2, 0) is 0 Å². The molecule has 1 saturated heterocycles. The number of β-amino-alcohol motifs (C(OH)–C–C–N with tert-alkyl or cyclic N) is 1. The molecular formula is C11H22N2OS. The minimum absolute atomic E-state index is 0.186. The van der Waals surface area contributed by atoms with Gasteiger partial charge in [-0.05, 0) is 31.6 Å². The van der Waals surface area contributed by atoms with Crippen LogP contribution in [0.25, 0.3) is 0 Å². The average Bonchev–Trinajstić information content (AvgIpc) is 3.03. The van der Waals surface area contributed by atoms with Crippen LogP contribution in [0.1, 0.15) is 19.3 Å². The van der Waals surface area contributed by atoms with Crippen LogP contribution in [0, 0.1) is 0 Å². The van der Waals surface area contributed by atoms with Crippen molar-refractivity contribution >= 4 is 11.8 Å². The molecule has 1 atom stereocenters. The van der Waals surface area contributed by atoms with Crippen LogP contribution in [0.15, 0.2) is 0 Å². The summed E-state index contributed by atoms with van der Waals surface area (Å²) in [4.78, 5) is 2.40. The molecule has 15 heavy (non-hydrogen) atoms. The minimum Gasteiger partial charge on any atom is -0.390 e. The van der Waals surface area contributed by atoms with Gasteiger partial charge in [0.05, 0.1) is 6.10 Å². The Hall–Kier alpha value is 0.230. The van der Waals surface area contributed by atoms with Crippen LogP contribution in [0.2, 0.25) is 0 Å². The zero-order chi connectivity index (χ0) is 10.5. The van der Waals surface area contributed by atoms with Gasteiger partial charge in [0, 0.05) is 31.4 Å². The van der Waals surface area contributed by atoms with Gasteiger partial charge < -0.3 is 10.4 Å². The van der Waals surface area contributed by atoms with Crippen molar-refractivity contribution in [1.29, 1.82) is 0 Å². The molecule has 2 N–H and O–H groups in total. The molecule has 1 saturated carbocycles. The molecule has 0 bridgehead atoms. The molecule has 2 rings (SSSR count). The standard InChI is InChI=1S/C11H22N2OS/c14-11(8-12-10-2-3-10)9-13-4-1-6-15-7-5-13/h10-12,14H,1-9H2. The first kappa shape index (κ1) is 11.7. The maximum atomic E-state index is 9.86. The fraction of sp³-hybridized carbons (Fsp3) is 1.00. The number of aliphatic hydroxyl groups is 1. The van der Waals surface area contributed by atoms with E-state index in [1.807, 2.05) is 11.8 Å². The van der Waals surface area contributed by atoms with Crippen LogP contribution < -0.4 is 5.32 Å². The Kier molecular flexibility index (Phi) is 4.75. The van der Waals surface area contributed by atoms with E-state index in [1.165, 1.54) is 30.8 Å². The van der Waals surface area contributed by atoms with E-state index in [4.69, 9.17) is 0 Å². The molecule has 4 heteroatoms. The van der Waals surface area contributed by atoms with Crippen molar-refractivity contribution in [2.24, 2.45) is 0 Å². The van der Waals surface area contributed by atoms with Gasteiger partial charge in [-0.25, -0.2) is 0 Å². The number of thioether (sulfide) groups is 1. The maximum Gasteiger partial charge on any atom is 0.0791 e. The van der Waals surface area contributed by atoms with E-state index in [2.05, 4.69) is 10.2 Å². The molecule has 2 aliphatic rings. The highest BCUT2D eigenvalue weighted by Crippen LogP contribution is 2.18. The summed E-state index contributed by atoms with van der Waals surface area (Å²) in [5, 5.41) is 13.2. The van der Waals surface area contributed by atoms with Gasteiger partial charge in [0.15, 0.2) is 0 Å². The summed E-state index contributed by atoms with van der Waals surface area (Å²) >= 11 is 2.04. The summed E-state index contributed by atoms with van der Waals surface area (Å²) in [6.07, 6.45) is 3.68. The lowest BCUT2D eigenvalue weighted by Crippen LogP contribution is -2.39. The summed E-state index contributed by atoms with van der Waals surface area (Å²) in [7, 11) is 0. The van der Waals surface area contributed by atoms with Crippen LogP contribution in [0.5, 0.6) is 0 Å². The predicted molar refractivity (Wildman–Crippen MR) is 65.4 cm³/mol. The van der Waals surface area contributed by atoms with E-state index >= 15 is 0 Å². The molecule has 1 aliphatic carbocycles. The highest BCUT2D eigenvalue weighted by Gasteiger charge is 2.22. The van der Waals surface area contributed by atoms with Gasteiger partial charge in [0.2, 0.25) is 0 Å². The lowest BCUT2D eigenvalue weighted by molar-refractivity contribution is 0.115. The van der Waals surface area contributed by atoms with Gasteiger partial charge in [0.1, 0.15) is 0 Å². The number of hydrogen-bond donors (Lipinski definition) is 2. The Balaban J connectivity index is 1.60. The predicted octanol–water partition coefficient (Wildman–Crippen LogP) is 0.538. The summed E-state index contributed by atoms with van der Waals surface area (Å²) in [5.41, 5.74) is 0. The molecule has 2 fully saturated rings. The highest BCUT2D eigenvalue weighted by atomic mass is 32.2. The molecule has 1 aliphatic heterocycles. The third kappa shape index (κ3) is 4.72. The van der Waals surface area contributed by atoms with E-state index in [0.29, 0.717) is 6.04 Å². The zero-order valence-electron chi connectivity index (χ0n) is 9.32. The normalized spacial score (nSPS) is 26.2. The summed E-state index contributed by atoms with van der Waals surface area (Å²) in [6, 6.07) is 0.708. The highest BCUT2D eigenvalue weighted by molar-refractivity contribution is 7.99. The Bertz CT molecular complexity index is 179. The Labute approximate surface area is 96.6 Å². The summed E-state index contributed by atoms with van der Waals surface area (Å²) < 4.78 is 0. The van der Waals surface area contributed by atoms with Gasteiger partial charge in [0.25, 0.3) is 0 Å². The number of rotatable bonds is 5. The average molecular weight is 230 g/mol. The molecule has 0 aromatic heterocycles. The summed E-state index contributed by atoms with van der Waals surface area (Å²) in [6.45, 7) is 3.92. The lowest BCUT2D eigenvalue weighted by atomic mass is 10.3. The van der Waals surface area contributed by atoms with Gasteiger partial charge in [-0.15, -0.1) is 0 Å². The first-order valence-corrected chi connectivity index (χ1v) is 7.21. The molecule has 0 aromatic carbocycles. The zero-order valence-corrected chi connectivity index (χ0v) is 10.1. The van der Waals surface area contributed by atoms with Crippen molar-refractivity contribution in [2.75, 3.05) is 37.7 Å². The fourth-order valence-electron chi connectivity index (χ4n) is 1.93. The molecule has 0 radical (unpaired) electrons. The van der Waals surface area contributed by atoms with Crippen molar-refractivity contribution in [3.63, 3.8) is 0 Å². The van der Waals surface area contributed by atoms with Gasteiger partial charge >= 0.3 is 0 Å². The van der Waals surface area contributed by atoms with Gasteiger partial charge in [-0.1, -0.05) is 0 Å². The summed E-state index contributed by atoms with van der Waals surface area (Å²) in [5.74, 6) is 2.51. The molecule has 0 aromatic rings. The number of hydrogen-bond acceptors (Lipinski definition) is 4. The van der Waals surface area contributed by atoms with Crippen LogP contribution in [0.3, 0.4) is 0 Å². The molecule has 0 spiro atoms. The number of nitrogens with zero attached hydrogens (tertiary/aromatic N) is 1. The molecule has 1 unspecified atom stereocenters. The minimum atomic E-state index is -0.186. The molecular weight excluding hydrogens is 208 g/mol. The van der Waals surface area contributed by atoms with Crippen LogP contribution in [0.4, 0.5) is 0 Å². The topological polar surface area (TPSA) is 35.5 Å². The Morgan fingerprint density at radius 2 is 2.20 bits per heavy atom. The van der Waals surface area contributed by atoms with Crippen molar-refractivity contribution in [1.82, 2.24) is 10.2 Å². The quantitative estimate of drug-likeness (QED) is 0.722.